The third kappa shape index (κ3) is 5.41. The number of nitrogens with zero attached hydrogens (tertiary/aromatic N) is 5. The Balaban J connectivity index is 1.09. The minimum Gasteiger partial charge on any atom is -0.456 e. The van der Waals surface area contributed by atoms with Gasteiger partial charge >= 0.3 is 0 Å². The van der Waals surface area contributed by atoms with Gasteiger partial charge < -0.3 is 8.83 Å². The van der Waals surface area contributed by atoms with E-state index in [-0.39, 0.29) is 0 Å². The van der Waals surface area contributed by atoms with E-state index in [1.54, 1.807) is 0 Å². The lowest BCUT2D eigenvalue weighted by Crippen LogP contribution is -2.00. The van der Waals surface area contributed by atoms with Gasteiger partial charge in [-0.1, -0.05) is 146 Å². The second kappa shape index (κ2) is 13.0. The first-order chi connectivity index (χ1) is 27.7. The fourth-order valence-corrected chi connectivity index (χ4v) is 7.48. The van der Waals surface area contributed by atoms with E-state index in [1.807, 2.05) is 127 Å². The Morgan fingerprint density at radius 2 is 0.857 bits per heavy atom. The summed E-state index contributed by atoms with van der Waals surface area (Å²) in [5.41, 5.74) is 10.9. The second-order valence-corrected chi connectivity index (χ2v) is 13.6. The molecule has 7 nitrogen and oxygen atoms in total. The predicted octanol–water partition coefficient (Wildman–Crippen LogP) is 12.5. The molecule has 4 aromatic heterocycles. The molecule has 0 unspecified atom stereocenters. The summed E-state index contributed by atoms with van der Waals surface area (Å²) in [5, 5.41) is 3.04. The first kappa shape index (κ1) is 31.7. The van der Waals surface area contributed by atoms with Crippen molar-refractivity contribution in [2.45, 2.75) is 0 Å². The fraction of sp³-hybridized carbons (Fsp3) is 0. The molecule has 0 spiro atoms. The molecule has 0 aliphatic heterocycles. The summed E-state index contributed by atoms with van der Waals surface area (Å²) < 4.78 is 12.9. The quantitative estimate of drug-likeness (QED) is 0.169. The maximum absolute atomic E-state index is 6.62. The summed E-state index contributed by atoms with van der Waals surface area (Å²) in [6.07, 6.45) is 0. The van der Waals surface area contributed by atoms with E-state index in [2.05, 4.69) is 48.5 Å². The predicted molar refractivity (Wildman–Crippen MR) is 223 cm³/mol. The van der Waals surface area contributed by atoms with E-state index < -0.39 is 0 Å². The third-order valence-electron chi connectivity index (χ3n) is 10.2. The number of hydrogen-bond donors (Lipinski definition) is 0. The normalized spacial score (nSPS) is 11.6. The zero-order chi connectivity index (χ0) is 37.0. The molecule has 11 aromatic rings. The van der Waals surface area contributed by atoms with Crippen LogP contribution in [0.2, 0.25) is 0 Å². The molecule has 7 heteroatoms. The highest BCUT2D eigenvalue weighted by atomic mass is 16.3. The molecular formula is C49H29N5O2. The summed E-state index contributed by atoms with van der Waals surface area (Å²) in [6, 6.07) is 58.8. The number of para-hydroxylation sites is 1. The number of fused-ring (bicyclic) bond motifs is 6. The zero-order valence-electron chi connectivity index (χ0n) is 29.8. The van der Waals surface area contributed by atoms with Crippen LogP contribution in [0.25, 0.3) is 112 Å². The average molecular weight is 720 g/mol. The first-order valence-corrected chi connectivity index (χ1v) is 18.4. The van der Waals surface area contributed by atoms with Gasteiger partial charge in [-0.25, -0.2) is 24.9 Å². The maximum Gasteiger partial charge on any atom is 0.180 e. The lowest BCUT2D eigenvalue weighted by Gasteiger charge is -2.10. The molecule has 11 rings (SSSR count). The molecule has 0 bridgehead atoms. The van der Waals surface area contributed by atoms with Gasteiger partial charge in [0.1, 0.15) is 28.0 Å². The minimum atomic E-state index is 0.558. The number of furan rings is 2. The lowest BCUT2D eigenvalue weighted by molar-refractivity contribution is 0.667. The molecule has 0 aliphatic carbocycles. The molecule has 7 aromatic carbocycles. The van der Waals surface area contributed by atoms with Gasteiger partial charge in [-0.3, -0.25) is 0 Å². The van der Waals surface area contributed by atoms with Gasteiger partial charge in [-0.2, -0.15) is 0 Å². The van der Waals surface area contributed by atoms with Crippen molar-refractivity contribution in [1.29, 1.82) is 0 Å². The Morgan fingerprint density at radius 3 is 1.59 bits per heavy atom. The Hall–Kier alpha value is -7.77. The molecule has 0 fully saturated rings. The van der Waals surface area contributed by atoms with Crippen molar-refractivity contribution in [2.75, 3.05) is 0 Å². The average Bonchev–Trinajstić information content (AvgIpc) is 3.85. The molecule has 0 amide bonds. The van der Waals surface area contributed by atoms with E-state index in [4.69, 9.17) is 33.8 Å². The van der Waals surface area contributed by atoms with Crippen LogP contribution in [0, 0.1) is 0 Å². The number of rotatable bonds is 6. The van der Waals surface area contributed by atoms with Crippen molar-refractivity contribution in [3.8, 4) is 67.9 Å². The van der Waals surface area contributed by atoms with Crippen LogP contribution in [0.5, 0.6) is 0 Å². The Morgan fingerprint density at radius 1 is 0.321 bits per heavy atom. The molecule has 0 radical (unpaired) electrons. The van der Waals surface area contributed by atoms with Gasteiger partial charge in [0, 0.05) is 38.6 Å². The molecule has 0 saturated heterocycles. The van der Waals surface area contributed by atoms with Crippen LogP contribution in [0.3, 0.4) is 0 Å². The topological polar surface area (TPSA) is 90.7 Å². The van der Waals surface area contributed by atoms with Gasteiger partial charge in [0.25, 0.3) is 0 Å². The van der Waals surface area contributed by atoms with Crippen LogP contribution >= 0.6 is 0 Å². The zero-order valence-corrected chi connectivity index (χ0v) is 29.8. The smallest absolute Gasteiger partial charge is 0.180 e. The molecule has 0 aliphatic rings. The number of benzene rings is 7. The van der Waals surface area contributed by atoms with Crippen molar-refractivity contribution in [1.82, 2.24) is 24.9 Å². The first-order valence-electron chi connectivity index (χ1n) is 18.4. The van der Waals surface area contributed by atoms with Crippen molar-refractivity contribution >= 4 is 44.0 Å². The summed E-state index contributed by atoms with van der Waals surface area (Å²) in [5.74, 6) is 2.34. The molecular weight excluding hydrogens is 691 g/mol. The van der Waals surface area contributed by atoms with Crippen LogP contribution in [0.4, 0.5) is 0 Å². The van der Waals surface area contributed by atoms with Crippen LogP contribution in [-0.2, 0) is 0 Å². The Bertz CT molecular complexity index is 3250. The highest BCUT2D eigenvalue weighted by Gasteiger charge is 2.21. The highest BCUT2D eigenvalue weighted by Crippen LogP contribution is 2.41. The fourth-order valence-electron chi connectivity index (χ4n) is 7.48. The monoisotopic (exact) mass is 719 g/mol. The Labute approximate surface area is 320 Å². The van der Waals surface area contributed by atoms with Crippen LogP contribution in [0.15, 0.2) is 185 Å². The second-order valence-electron chi connectivity index (χ2n) is 13.6. The van der Waals surface area contributed by atoms with Crippen LogP contribution < -0.4 is 0 Å². The van der Waals surface area contributed by atoms with E-state index in [9.17, 15) is 0 Å². The van der Waals surface area contributed by atoms with Gasteiger partial charge in [0.15, 0.2) is 28.9 Å². The minimum absolute atomic E-state index is 0.558. The van der Waals surface area contributed by atoms with Crippen LogP contribution in [0.1, 0.15) is 0 Å². The van der Waals surface area contributed by atoms with Crippen molar-refractivity contribution < 1.29 is 8.83 Å². The van der Waals surface area contributed by atoms with E-state index in [0.29, 0.717) is 28.9 Å². The molecule has 56 heavy (non-hydrogen) atoms. The SMILES string of the molecule is c1ccc(-c2nc(-c3cccc(-c4cccc5oc6c(-c7ccccc7)nc(-c7ccccc7)nc6c45)c3)nc(-c3ccc4c(c3)oc3ccccc34)n2)cc1. The maximum atomic E-state index is 6.62. The summed E-state index contributed by atoms with van der Waals surface area (Å²) in [4.78, 5) is 25.3. The van der Waals surface area contributed by atoms with E-state index in [0.717, 1.165) is 83.1 Å². The lowest BCUT2D eigenvalue weighted by atomic mass is 9.98. The molecule has 0 N–H and O–H groups in total. The van der Waals surface area contributed by atoms with Gasteiger partial charge in [0.05, 0.1) is 5.39 Å². The Kier molecular flexibility index (Phi) is 7.35. The molecule has 262 valence electrons. The van der Waals surface area contributed by atoms with Crippen LogP contribution in [-0.4, -0.2) is 24.9 Å². The largest absolute Gasteiger partial charge is 0.456 e. The van der Waals surface area contributed by atoms with Crippen molar-refractivity contribution in [2.24, 2.45) is 0 Å². The molecule has 4 heterocycles. The van der Waals surface area contributed by atoms with Crippen molar-refractivity contribution in [3.63, 3.8) is 0 Å². The van der Waals surface area contributed by atoms with E-state index >= 15 is 0 Å². The van der Waals surface area contributed by atoms with Crippen molar-refractivity contribution in [3.05, 3.63) is 176 Å². The molecule has 0 saturated carbocycles. The van der Waals surface area contributed by atoms with Gasteiger partial charge in [-0.05, 0) is 41.5 Å². The molecule has 0 atom stereocenters. The summed E-state index contributed by atoms with van der Waals surface area (Å²) >= 11 is 0. The van der Waals surface area contributed by atoms with Gasteiger partial charge in [0.2, 0.25) is 0 Å². The highest BCUT2D eigenvalue weighted by molar-refractivity contribution is 6.13. The number of hydrogen-bond acceptors (Lipinski definition) is 7. The van der Waals surface area contributed by atoms with E-state index in [1.165, 1.54) is 0 Å². The number of aromatic nitrogens is 5. The van der Waals surface area contributed by atoms with Gasteiger partial charge in [-0.15, -0.1) is 0 Å². The summed E-state index contributed by atoms with van der Waals surface area (Å²) in [6.45, 7) is 0. The standard InChI is InChI=1S/C49H29N5O2/c1-4-14-30(15-5-1)43-45-44(51-46(50-43)31-16-6-2-7-17-31)42-36(23-13-25-40(42)56-45)33-20-12-21-34(28-33)48-52-47(32-18-8-3-9-19-32)53-49(54-48)35-26-27-38-37-22-10-11-24-39(37)55-41(38)29-35/h1-29H. The third-order valence-corrected chi connectivity index (χ3v) is 10.2. The summed E-state index contributed by atoms with van der Waals surface area (Å²) in [7, 11) is 0.